The maximum Gasteiger partial charge on any atom is 0.224 e. The molecule has 1 aromatic rings. The molecule has 1 amide bonds. The smallest absolute Gasteiger partial charge is 0.224 e. The number of anilines is 1. The Hall–Kier alpha value is -1.59. The molecule has 0 saturated carbocycles. The molecule has 20 heavy (non-hydrogen) atoms. The van der Waals surface area contributed by atoms with Crippen LogP contribution < -0.4 is 10.1 Å². The van der Waals surface area contributed by atoms with E-state index in [0.29, 0.717) is 6.42 Å². The molecule has 1 fully saturated rings. The van der Waals surface area contributed by atoms with Gasteiger partial charge >= 0.3 is 0 Å². The number of carbonyl (C=O) groups excluding carboxylic acids is 1. The Morgan fingerprint density at radius 3 is 2.65 bits per heavy atom. The van der Waals surface area contributed by atoms with Crippen LogP contribution in [-0.4, -0.2) is 50.8 Å². The van der Waals surface area contributed by atoms with Gasteiger partial charge in [-0.15, -0.1) is 0 Å². The summed E-state index contributed by atoms with van der Waals surface area (Å²) >= 11 is 0. The molecule has 1 aliphatic rings. The first-order valence-corrected chi connectivity index (χ1v) is 7.02. The summed E-state index contributed by atoms with van der Waals surface area (Å²) in [6.07, 6.45) is 1.42. The predicted molar refractivity (Wildman–Crippen MR) is 78.1 cm³/mol. The Labute approximate surface area is 119 Å². The number of benzene rings is 1. The lowest BCUT2D eigenvalue weighted by atomic mass is 10.2. The second kappa shape index (κ2) is 7.87. The fourth-order valence-corrected chi connectivity index (χ4v) is 2.19. The number of morpholine rings is 1. The minimum absolute atomic E-state index is 0.0587. The average Bonchev–Trinajstić information content (AvgIpc) is 2.49. The Balaban J connectivity index is 1.66. The molecule has 0 aliphatic carbocycles. The van der Waals surface area contributed by atoms with Crippen LogP contribution >= 0.6 is 0 Å². The summed E-state index contributed by atoms with van der Waals surface area (Å²) in [4.78, 5) is 14.2. The summed E-state index contributed by atoms with van der Waals surface area (Å²) < 4.78 is 10.4. The predicted octanol–water partition coefficient (Wildman–Crippen LogP) is 1.75. The molecule has 0 spiro atoms. The van der Waals surface area contributed by atoms with Crippen molar-refractivity contribution in [3.05, 3.63) is 24.3 Å². The summed E-state index contributed by atoms with van der Waals surface area (Å²) in [5.74, 6) is 0.846. The monoisotopic (exact) mass is 278 g/mol. The Morgan fingerprint density at radius 1 is 1.30 bits per heavy atom. The van der Waals surface area contributed by atoms with Crippen molar-refractivity contribution >= 4 is 11.6 Å². The highest BCUT2D eigenvalue weighted by molar-refractivity contribution is 5.90. The van der Waals surface area contributed by atoms with Crippen molar-refractivity contribution in [3.63, 3.8) is 0 Å². The van der Waals surface area contributed by atoms with Crippen molar-refractivity contribution in [2.24, 2.45) is 0 Å². The zero-order chi connectivity index (χ0) is 14.2. The van der Waals surface area contributed by atoms with Crippen LogP contribution in [0.2, 0.25) is 0 Å². The molecule has 1 heterocycles. The molecular weight excluding hydrogens is 256 g/mol. The Morgan fingerprint density at radius 2 is 2.00 bits per heavy atom. The van der Waals surface area contributed by atoms with Gasteiger partial charge in [0.05, 0.1) is 20.3 Å². The highest BCUT2D eigenvalue weighted by atomic mass is 16.5. The molecule has 0 unspecified atom stereocenters. The third kappa shape index (κ3) is 4.83. The lowest BCUT2D eigenvalue weighted by Crippen LogP contribution is -2.37. The minimum Gasteiger partial charge on any atom is -0.497 e. The van der Waals surface area contributed by atoms with Gasteiger partial charge in [-0.25, -0.2) is 0 Å². The average molecular weight is 278 g/mol. The molecule has 0 aromatic heterocycles. The number of nitrogens with one attached hydrogen (secondary N) is 1. The van der Waals surface area contributed by atoms with Gasteiger partial charge in [0.25, 0.3) is 0 Å². The molecule has 1 aromatic carbocycles. The van der Waals surface area contributed by atoms with E-state index in [4.69, 9.17) is 9.47 Å². The van der Waals surface area contributed by atoms with Crippen LogP contribution in [0.1, 0.15) is 12.8 Å². The molecule has 5 heteroatoms. The van der Waals surface area contributed by atoms with Gasteiger partial charge in [-0.05, 0) is 37.2 Å². The quantitative estimate of drug-likeness (QED) is 0.861. The molecule has 0 atom stereocenters. The third-order valence-corrected chi connectivity index (χ3v) is 3.36. The van der Waals surface area contributed by atoms with Gasteiger partial charge in [-0.1, -0.05) is 0 Å². The van der Waals surface area contributed by atoms with E-state index in [1.807, 2.05) is 24.3 Å². The van der Waals surface area contributed by atoms with Gasteiger partial charge in [-0.3, -0.25) is 9.69 Å². The van der Waals surface area contributed by atoms with Crippen LogP contribution in [0, 0.1) is 0 Å². The van der Waals surface area contributed by atoms with Gasteiger partial charge in [0.15, 0.2) is 0 Å². The van der Waals surface area contributed by atoms with Crippen LogP contribution in [0.3, 0.4) is 0 Å². The molecule has 2 rings (SSSR count). The van der Waals surface area contributed by atoms with E-state index >= 15 is 0 Å². The summed E-state index contributed by atoms with van der Waals surface area (Å²) in [6.45, 7) is 4.51. The molecule has 1 saturated heterocycles. The summed E-state index contributed by atoms with van der Waals surface area (Å²) in [7, 11) is 1.62. The number of carbonyl (C=O) groups is 1. The number of nitrogens with zero attached hydrogens (tertiary/aromatic N) is 1. The maximum absolute atomic E-state index is 11.8. The first-order valence-electron chi connectivity index (χ1n) is 7.02. The van der Waals surface area contributed by atoms with E-state index < -0.39 is 0 Å². The Bertz CT molecular complexity index is 414. The van der Waals surface area contributed by atoms with E-state index in [2.05, 4.69) is 10.2 Å². The maximum atomic E-state index is 11.8. The van der Waals surface area contributed by atoms with Crippen molar-refractivity contribution in [1.82, 2.24) is 4.90 Å². The van der Waals surface area contributed by atoms with E-state index in [9.17, 15) is 4.79 Å². The van der Waals surface area contributed by atoms with Gasteiger partial charge < -0.3 is 14.8 Å². The molecule has 1 N–H and O–H groups in total. The standard InChI is InChI=1S/C15H22N2O3/c1-19-14-6-4-13(5-7-14)16-15(18)3-2-8-17-9-11-20-12-10-17/h4-7H,2-3,8-12H2,1H3,(H,16,18). The number of ether oxygens (including phenoxy) is 2. The number of hydrogen-bond acceptors (Lipinski definition) is 4. The van der Waals surface area contributed by atoms with Crippen LogP contribution in [0.15, 0.2) is 24.3 Å². The molecule has 0 radical (unpaired) electrons. The second-order valence-electron chi connectivity index (χ2n) is 4.83. The van der Waals surface area contributed by atoms with Crippen LogP contribution in [0.4, 0.5) is 5.69 Å². The van der Waals surface area contributed by atoms with Crippen LogP contribution in [0.5, 0.6) is 5.75 Å². The van der Waals surface area contributed by atoms with Gasteiger partial charge in [-0.2, -0.15) is 0 Å². The summed E-state index contributed by atoms with van der Waals surface area (Å²) in [5.41, 5.74) is 0.808. The minimum atomic E-state index is 0.0587. The van der Waals surface area contributed by atoms with Crippen molar-refractivity contribution in [2.45, 2.75) is 12.8 Å². The second-order valence-corrected chi connectivity index (χ2v) is 4.83. The fraction of sp³-hybridized carbons (Fsp3) is 0.533. The van der Waals surface area contributed by atoms with Crippen LogP contribution in [-0.2, 0) is 9.53 Å². The summed E-state index contributed by atoms with van der Waals surface area (Å²) in [6, 6.07) is 7.37. The Kier molecular flexibility index (Phi) is 5.83. The van der Waals surface area contributed by atoms with Gasteiger partial charge in [0, 0.05) is 25.2 Å². The summed E-state index contributed by atoms with van der Waals surface area (Å²) in [5, 5.41) is 2.89. The van der Waals surface area contributed by atoms with E-state index in [1.54, 1.807) is 7.11 Å². The van der Waals surface area contributed by atoms with Crippen molar-refractivity contribution in [2.75, 3.05) is 45.3 Å². The zero-order valence-corrected chi connectivity index (χ0v) is 11.9. The molecular formula is C15H22N2O3. The number of hydrogen-bond donors (Lipinski definition) is 1. The first kappa shape index (κ1) is 14.8. The molecule has 0 bridgehead atoms. The molecule has 5 nitrogen and oxygen atoms in total. The zero-order valence-electron chi connectivity index (χ0n) is 11.9. The number of amides is 1. The number of rotatable bonds is 6. The molecule has 1 aliphatic heterocycles. The largest absolute Gasteiger partial charge is 0.497 e. The van der Waals surface area contributed by atoms with E-state index in [0.717, 1.165) is 50.7 Å². The SMILES string of the molecule is COc1ccc(NC(=O)CCCN2CCOCC2)cc1. The topological polar surface area (TPSA) is 50.8 Å². The highest BCUT2D eigenvalue weighted by Crippen LogP contribution is 2.15. The van der Waals surface area contributed by atoms with E-state index in [-0.39, 0.29) is 5.91 Å². The van der Waals surface area contributed by atoms with E-state index in [1.165, 1.54) is 0 Å². The van der Waals surface area contributed by atoms with Gasteiger partial charge in [0.1, 0.15) is 5.75 Å². The van der Waals surface area contributed by atoms with Crippen molar-refractivity contribution < 1.29 is 14.3 Å². The highest BCUT2D eigenvalue weighted by Gasteiger charge is 2.10. The van der Waals surface area contributed by atoms with Gasteiger partial charge in [0.2, 0.25) is 5.91 Å². The third-order valence-electron chi connectivity index (χ3n) is 3.36. The fourth-order valence-electron chi connectivity index (χ4n) is 2.19. The number of methoxy groups -OCH3 is 1. The van der Waals surface area contributed by atoms with Crippen molar-refractivity contribution in [1.29, 1.82) is 0 Å². The van der Waals surface area contributed by atoms with Crippen LogP contribution in [0.25, 0.3) is 0 Å². The van der Waals surface area contributed by atoms with Crippen molar-refractivity contribution in [3.8, 4) is 5.75 Å². The lowest BCUT2D eigenvalue weighted by molar-refractivity contribution is -0.116. The molecule has 110 valence electrons. The normalized spacial score (nSPS) is 15.8. The first-order chi connectivity index (χ1) is 9.78. The lowest BCUT2D eigenvalue weighted by Gasteiger charge is -2.26.